The maximum atomic E-state index is 12.4. The fourth-order valence-corrected chi connectivity index (χ4v) is 1.68. The van der Waals surface area contributed by atoms with Gasteiger partial charge in [-0.3, -0.25) is 4.79 Å². The minimum atomic E-state index is -2.50. The van der Waals surface area contributed by atoms with Crippen molar-refractivity contribution in [2.45, 2.75) is 13.3 Å². The number of rotatable bonds is 2. The first-order chi connectivity index (χ1) is 8.49. The van der Waals surface area contributed by atoms with Crippen LogP contribution < -0.4 is 5.56 Å². The second-order valence-electron chi connectivity index (χ2n) is 3.74. The van der Waals surface area contributed by atoms with E-state index < -0.39 is 6.43 Å². The number of H-pyrrole nitrogens is 1. The fraction of sp³-hybridized carbons (Fsp3) is 0.167. The van der Waals surface area contributed by atoms with Crippen LogP contribution >= 0.6 is 15.9 Å². The molecule has 0 atom stereocenters. The molecule has 0 radical (unpaired) electrons. The summed E-state index contributed by atoms with van der Waals surface area (Å²) in [6.45, 7) is 1.69. The van der Waals surface area contributed by atoms with Gasteiger partial charge in [0.15, 0.2) is 0 Å². The highest BCUT2D eigenvalue weighted by molar-refractivity contribution is 9.10. The number of hydrogen-bond donors (Lipinski definition) is 1. The van der Waals surface area contributed by atoms with E-state index in [2.05, 4.69) is 25.9 Å². The number of nitrogens with zero attached hydrogens (tertiary/aromatic N) is 1. The van der Waals surface area contributed by atoms with E-state index in [4.69, 9.17) is 0 Å². The van der Waals surface area contributed by atoms with Crippen LogP contribution in [-0.4, -0.2) is 9.97 Å². The Kier molecular flexibility index (Phi) is 3.56. The zero-order chi connectivity index (χ0) is 13.3. The molecular formula is C12H9BrF2N2O. The highest BCUT2D eigenvalue weighted by Crippen LogP contribution is 2.22. The van der Waals surface area contributed by atoms with E-state index in [1.54, 1.807) is 6.92 Å². The van der Waals surface area contributed by atoms with Gasteiger partial charge in [-0.1, -0.05) is 24.3 Å². The normalized spacial score (nSPS) is 10.9. The summed E-state index contributed by atoms with van der Waals surface area (Å²) in [5.74, 6) is 0.363. The van der Waals surface area contributed by atoms with Crippen LogP contribution in [0.1, 0.15) is 17.7 Å². The van der Waals surface area contributed by atoms with Gasteiger partial charge in [0.1, 0.15) is 10.3 Å². The van der Waals surface area contributed by atoms with Gasteiger partial charge in [-0.15, -0.1) is 0 Å². The van der Waals surface area contributed by atoms with Crippen LogP contribution in [0, 0.1) is 6.92 Å². The Bertz CT molecular complexity index is 623. The lowest BCUT2D eigenvalue weighted by Gasteiger charge is -2.05. The molecule has 1 aromatic heterocycles. The lowest BCUT2D eigenvalue weighted by Crippen LogP contribution is -2.11. The molecule has 0 aliphatic carbocycles. The van der Waals surface area contributed by atoms with Crippen LogP contribution in [0.5, 0.6) is 0 Å². The van der Waals surface area contributed by atoms with Gasteiger partial charge in [-0.05, 0) is 22.9 Å². The van der Waals surface area contributed by atoms with Gasteiger partial charge >= 0.3 is 0 Å². The third kappa shape index (κ3) is 2.48. The molecule has 18 heavy (non-hydrogen) atoms. The summed E-state index contributed by atoms with van der Waals surface area (Å²) in [4.78, 5) is 18.3. The van der Waals surface area contributed by atoms with Gasteiger partial charge in [-0.2, -0.15) is 0 Å². The molecule has 1 heterocycles. The molecule has 0 aliphatic heterocycles. The van der Waals surface area contributed by atoms with Crippen molar-refractivity contribution in [2.75, 3.05) is 0 Å². The Morgan fingerprint density at radius 3 is 2.39 bits per heavy atom. The molecule has 6 heteroatoms. The first-order valence-electron chi connectivity index (χ1n) is 5.14. The second-order valence-corrected chi connectivity index (χ2v) is 4.53. The smallest absolute Gasteiger partial charge is 0.265 e. The van der Waals surface area contributed by atoms with E-state index in [-0.39, 0.29) is 11.1 Å². The molecule has 94 valence electrons. The van der Waals surface area contributed by atoms with Crippen LogP contribution in [0.25, 0.3) is 11.4 Å². The molecule has 0 unspecified atom stereocenters. The number of hydrogen-bond acceptors (Lipinski definition) is 2. The molecule has 0 amide bonds. The maximum Gasteiger partial charge on any atom is 0.265 e. The Balaban J connectivity index is 2.46. The average molecular weight is 315 g/mol. The van der Waals surface area contributed by atoms with Crippen molar-refractivity contribution in [3.05, 3.63) is 50.3 Å². The van der Waals surface area contributed by atoms with Crippen molar-refractivity contribution in [2.24, 2.45) is 0 Å². The molecule has 0 saturated heterocycles. The Morgan fingerprint density at radius 2 is 1.89 bits per heavy atom. The summed E-state index contributed by atoms with van der Waals surface area (Å²) in [5.41, 5.74) is 0.782. The molecule has 3 nitrogen and oxygen atoms in total. The lowest BCUT2D eigenvalue weighted by molar-refractivity contribution is 0.151. The third-order valence-electron chi connectivity index (χ3n) is 2.46. The molecule has 1 N–H and O–H groups in total. The highest BCUT2D eigenvalue weighted by Gasteiger charge is 2.09. The lowest BCUT2D eigenvalue weighted by atomic mass is 10.1. The summed E-state index contributed by atoms with van der Waals surface area (Å²) in [6.07, 6.45) is -2.50. The number of aryl methyl sites for hydroxylation is 1. The Labute approximate surface area is 110 Å². The third-order valence-corrected chi connectivity index (χ3v) is 3.40. The maximum absolute atomic E-state index is 12.4. The van der Waals surface area contributed by atoms with Crippen molar-refractivity contribution in [1.82, 2.24) is 9.97 Å². The van der Waals surface area contributed by atoms with E-state index in [0.717, 1.165) is 0 Å². The van der Waals surface area contributed by atoms with Crippen LogP contribution in [0.4, 0.5) is 8.78 Å². The molecule has 2 aromatic rings. The minimum Gasteiger partial charge on any atom is -0.306 e. The van der Waals surface area contributed by atoms with Crippen molar-refractivity contribution in [1.29, 1.82) is 0 Å². The summed E-state index contributed by atoms with van der Waals surface area (Å²) in [5, 5.41) is 0. The van der Waals surface area contributed by atoms with Gasteiger partial charge in [0, 0.05) is 11.1 Å². The Hall–Kier alpha value is -1.56. The summed E-state index contributed by atoms with van der Waals surface area (Å²) in [6, 6.07) is 5.65. The summed E-state index contributed by atoms with van der Waals surface area (Å²) in [7, 11) is 0. The molecule has 1 aromatic carbocycles. The van der Waals surface area contributed by atoms with Crippen molar-refractivity contribution >= 4 is 15.9 Å². The molecule has 0 spiro atoms. The molecule has 0 bridgehead atoms. The number of aromatic amines is 1. The van der Waals surface area contributed by atoms with Gasteiger partial charge < -0.3 is 4.98 Å². The predicted molar refractivity (Wildman–Crippen MR) is 67.7 cm³/mol. The summed E-state index contributed by atoms with van der Waals surface area (Å²) < 4.78 is 25.2. The van der Waals surface area contributed by atoms with Crippen molar-refractivity contribution in [3.63, 3.8) is 0 Å². The number of halogens is 3. The first-order valence-corrected chi connectivity index (χ1v) is 5.93. The number of alkyl halides is 2. The first kappa shape index (κ1) is 12.9. The van der Waals surface area contributed by atoms with E-state index in [9.17, 15) is 13.6 Å². The number of nitrogens with one attached hydrogen (secondary N) is 1. The highest BCUT2D eigenvalue weighted by atomic mass is 79.9. The van der Waals surface area contributed by atoms with Crippen LogP contribution in [0.15, 0.2) is 33.5 Å². The quantitative estimate of drug-likeness (QED) is 0.922. The van der Waals surface area contributed by atoms with Gasteiger partial charge in [-0.25, -0.2) is 13.8 Å². The van der Waals surface area contributed by atoms with Gasteiger partial charge in [0.2, 0.25) is 0 Å². The minimum absolute atomic E-state index is 0.0602. The van der Waals surface area contributed by atoms with E-state index in [1.807, 2.05) is 0 Å². The molecule has 0 aliphatic rings. The molecular weight excluding hydrogens is 306 g/mol. The average Bonchev–Trinajstić information content (AvgIpc) is 2.35. The van der Waals surface area contributed by atoms with Crippen LogP contribution in [0.2, 0.25) is 0 Å². The molecule has 0 fully saturated rings. The van der Waals surface area contributed by atoms with E-state index >= 15 is 0 Å². The van der Waals surface area contributed by atoms with Crippen LogP contribution in [0.3, 0.4) is 0 Å². The fourth-order valence-electron chi connectivity index (χ4n) is 1.49. The van der Waals surface area contributed by atoms with E-state index in [1.165, 1.54) is 24.3 Å². The monoisotopic (exact) mass is 314 g/mol. The van der Waals surface area contributed by atoms with Crippen molar-refractivity contribution in [3.8, 4) is 11.4 Å². The van der Waals surface area contributed by atoms with Gasteiger partial charge in [0.05, 0.1) is 5.69 Å². The number of aromatic nitrogens is 2. The zero-order valence-electron chi connectivity index (χ0n) is 9.38. The molecule has 0 saturated carbocycles. The zero-order valence-corrected chi connectivity index (χ0v) is 11.0. The van der Waals surface area contributed by atoms with Crippen molar-refractivity contribution < 1.29 is 8.78 Å². The largest absolute Gasteiger partial charge is 0.306 e. The standard InChI is InChI=1S/C12H9BrF2N2O/c1-6-9(13)12(18)17-11(16-6)8-4-2-7(3-5-8)10(14)15/h2-5,10H,1H3,(H,16,17,18). The number of benzene rings is 1. The second kappa shape index (κ2) is 4.97. The summed E-state index contributed by atoms with van der Waals surface area (Å²) >= 11 is 3.11. The molecule has 2 rings (SSSR count). The van der Waals surface area contributed by atoms with E-state index in [0.29, 0.717) is 21.6 Å². The van der Waals surface area contributed by atoms with Crippen LogP contribution in [-0.2, 0) is 0 Å². The topological polar surface area (TPSA) is 45.8 Å². The Morgan fingerprint density at radius 1 is 1.28 bits per heavy atom. The predicted octanol–water partition coefficient (Wildman–Crippen LogP) is 3.45. The van der Waals surface area contributed by atoms with Gasteiger partial charge in [0.25, 0.3) is 12.0 Å². The SMILES string of the molecule is Cc1nc(-c2ccc(C(F)F)cc2)[nH]c(=O)c1Br.